The molecule has 1 aliphatic rings. The lowest BCUT2D eigenvalue weighted by Gasteiger charge is -2.20. The van der Waals surface area contributed by atoms with Gasteiger partial charge in [-0.15, -0.1) is 0 Å². The lowest BCUT2D eigenvalue weighted by Crippen LogP contribution is -2.36. The molecule has 0 radical (unpaired) electrons. The number of oxime groups is 1. The lowest BCUT2D eigenvalue weighted by atomic mass is 9.96. The zero-order valence-electron chi connectivity index (χ0n) is 15.9. The molecule has 0 heterocycles. The number of carbonyl (C=O) groups excluding carboxylic acids is 1. The summed E-state index contributed by atoms with van der Waals surface area (Å²) in [5.74, 6) is -0.181. The van der Waals surface area contributed by atoms with Gasteiger partial charge in [0.05, 0.1) is 12.8 Å². The Morgan fingerprint density at radius 1 is 1.19 bits per heavy atom. The monoisotopic (exact) mass is 367 g/mol. The number of aryl methyl sites for hydroxylation is 2. The van der Waals surface area contributed by atoms with Gasteiger partial charge in [0.1, 0.15) is 12.6 Å². The van der Waals surface area contributed by atoms with Gasteiger partial charge in [-0.2, -0.15) is 5.48 Å². The molecule has 1 amide bonds. The number of amides is 1. The van der Waals surface area contributed by atoms with Crippen LogP contribution in [0.3, 0.4) is 0 Å². The van der Waals surface area contributed by atoms with Crippen LogP contribution in [0.15, 0.2) is 47.6 Å². The molecule has 0 saturated carbocycles. The largest absolute Gasteiger partial charge is 0.391 e. The van der Waals surface area contributed by atoms with Gasteiger partial charge < -0.3 is 15.0 Å². The van der Waals surface area contributed by atoms with Crippen LogP contribution in [-0.4, -0.2) is 25.8 Å². The summed E-state index contributed by atoms with van der Waals surface area (Å²) in [4.78, 5) is 23.0. The third-order valence-electron chi connectivity index (χ3n) is 4.84. The van der Waals surface area contributed by atoms with Crippen LogP contribution in [-0.2, 0) is 27.5 Å². The molecule has 2 aromatic carbocycles. The first-order valence-corrected chi connectivity index (χ1v) is 9.01. The van der Waals surface area contributed by atoms with Crippen LogP contribution in [0.5, 0.6) is 0 Å². The van der Waals surface area contributed by atoms with Crippen LogP contribution in [0, 0.1) is 6.92 Å². The Kier molecular flexibility index (Phi) is 6.21. The Morgan fingerprint density at radius 3 is 2.78 bits per heavy atom. The molecule has 2 N–H and O–H groups in total. The summed E-state index contributed by atoms with van der Waals surface area (Å²) in [7, 11) is 3.09. The van der Waals surface area contributed by atoms with E-state index in [-0.39, 0.29) is 12.5 Å². The number of nitrogens with zero attached hydrogens (tertiary/aromatic N) is 1. The highest BCUT2D eigenvalue weighted by Crippen LogP contribution is 2.25. The zero-order valence-corrected chi connectivity index (χ0v) is 15.9. The molecule has 1 aliphatic carbocycles. The highest BCUT2D eigenvalue weighted by atomic mass is 16.6. The van der Waals surface area contributed by atoms with Crippen molar-refractivity contribution >= 4 is 11.6 Å². The summed E-state index contributed by atoms with van der Waals surface area (Å²) >= 11 is 0. The van der Waals surface area contributed by atoms with Crippen molar-refractivity contribution in [3.63, 3.8) is 0 Å². The summed E-state index contributed by atoms with van der Waals surface area (Å²) < 4.78 is 0. The van der Waals surface area contributed by atoms with Gasteiger partial charge in [0.2, 0.25) is 5.91 Å². The Bertz CT molecular complexity index is 848. The number of benzene rings is 2. The van der Waals surface area contributed by atoms with Crippen molar-refractivity contribution in [1.82, 2.24) is 10.8 Å². The fourth-order valence-corrected chi connectivity index (χ4v) is 3.39. The maximum Gasteiger partial charge on any atom is 0.243 e. The number of hydrogen-bond donors (Lipinski definition) is 2. The van der Waals surface area contributed by atoms with E-state index in [0.717, 1.165) is 40.8 Å². The number of likely N-dealkylation sites (N-methyl/N-ethyl adjacent to an activating group) is 1. The molecule has 0 aromatic heterocycles. The van der Waals surface area contributed by atoms with Crippen molar-refractivity contribution in [2.24, 2.45) is 5.16 Å². The van der Waals surface area contributed by atoms with Gasteiger partial charge in [0, 0.05) is 18.2 Å². The van der Waals surface area contributed by atoms with E-state index >= 15 is 0 Å². The van der Waals surface area contributed by atoms with Crippen molar-refractivity contribution in [2.75, 3.05) is 14.2 Å². The quantitative estimate of drug-likeness (QED) is 0.738. The third kappa shape index (κ3) is 4.18. The molecule has 1 unspecified atom stereocenters. The average Bonchev–Trinajstić information content (AvgIpc) is 3.10. The second-order valence-corrected chi connectivity index (χ2v) is 6.48. The van der Waals surface area contributed by atoms with E-state index in [9.17, 15) is 4.79 Å². The average molecular weight is 367 g/mol. The summed E-state index contributed by atoms with van der Waals surface area (Å²) in [6.07, 6.45) is 1.87. The maximum absolute atomic E-state index is 12.3. The second-order valence-electron chi connectivity index (χ2n) is 6.48. The lowest BCUT2D eigenvalue weighted by molar-refractivity contribution is -0.126. The first kappa shape index (κ1) is 19.1. The van der Waals surface area contributed by atoms with E-state index in [0.29, 0.717) is 0 Å². The topological polar surface area (TPSA) is 72.0 Å². The van der Waals surface area contributed by atoms with Gasteiger partial charge in [-0.05, 0) is 36.5 Å². The van der Waals surface area contributed by atoms with Crippen LogP contribution in [0.25, 0.3) is 0 Å². The number of hydroxylamine groups is 1. The number of nitrogens with one attached hydrogen (secondary N) is 2. The smallest absolute Gasteiger partial charge is 0.243 e. The van der Waals surface area contributed by atoms with Gasteiger partial charge in [0.25, 0.3) is 0 Å². The normalized spacial score (nSPS) is 15.4. The predicted octanol–water partition coefficient (Wildman–Crippen LogP) is 2.80. The maximum atomic E-state index is 12.3. The molecule has 0 bridgehead atoms. The van der Waals surface area contributed by atoms with Gasteiger partial charge in [0.15, 0.2) is 0 Å². The van der Waals surface area contributed by atoms with Crippen LogP contribution < -0.4 is 10.8 Å². The molecule has 0 aliphatic heterocycles. The van der Waals surface area contributed by atoms with E-state index < -0.39 is 6.04 Å². The second kappa shape index (κ2) is 8.79. The van der Waals surface area contributed by atoms with E-state index in [1.807, 2.05) is 37.3 Å². The van der Waals surface area contributed by atoms with Crippen LogP contribution in [0.2, 0.25) is 0 Å². The Morgan fingerprint density at radius 2 is 2.00 bits per heavy atom. The molecule has 2 aromatic rings. The summed E-state index contributed by atoms with van der Waals surface area (Å²) in [6, 6.07) is 13.4. The van der Waals surface area contributed by atoms with Crippen molar-refractivity contribution in [3.8, 4) is 0 Å². The molecular weight excluding hydrogens is 342 g/mol. The van der Waals surface area contributed by atoms with Gasteiger partial charge in [-0.3, -0.25) is 4.79 Å². The van der Waals surface area contributed by atoms with Crippen molar-refractivity contribution in [2.45, 2.75) is 32.4 Å². The Labute approximate surface area is 159 Å². The number of rotatable bonds is 7. The van der Waals surface area contributed by atoms with Crippen molar-refractivity contribution in [1.29, 1.82) is 0 Å². The highest BCUT2D eigenvalue weighted by molar-refractivity contribution is 6.04. The van der Waals surface area contributed by atoms with Crippen LogP contribution in [0.4, 0.5) is 0 Å². The molecule has 142 valence electrons. The highest BCUT2D eigenvalue weighted by Gasteiger charge is 2.23. The van der Waals surface area contributed by atoms with Gasteiger partial charge >= 0.3 is 0 Å². The molecule has 0 saturated heterocycles. The molecular formula is C21H25N3O3. The van der Waals surface area contributed by atoms with Gasteiger partial charge in [-0.25, -0.2) is 0 Å². The van der Waals surface area contributed by atoms with Crippen molar-refractivity contribution < 1.29 is 14.5 Å². The van der Waals surface area contributed by atoms with E-state index in [2.05, 4.69) is 28.1 Å². The number of carbonyl (C=O) groups is 1. The minimum Gasteiger partial charge on any atom is -0.391 e. The molecule has 1 atom stereocenters. The Hall–Kier alpha value is -2.70. The summed E-state index contributed by atoms with van der Waals surface area (Å²) in [6.45, 7) is 2.28. The molecule has 27 heavy (non-hydrogen) atoms. The SMILES string of the molecule is CNC(=O)C(NOC)c1cccc(C)c1CO/N=C1\CCc2ccccc21. The van der Waals surface area contributed by atoms with Gasteiger partial charge in [-0.1, -0.05) is 47.6 Å². The molecule has 0 spiro atoms. The summed E-state index contributed by atoms with van der Waals surface area (Å²) in [5, 5.41) is 7.03. The first-order chi connectivity index (χ1) is 13.2. The molecule has 6 heteroatoms. The molecule has 3 rings (SSSR count). The van der Waals surface area contributed by atoms with Crippen LogP contribution in [0.1, 0.15) is 40.3 Å². The summed E-state index contributed by atoms with van der Waals surface area (Å²) in [5.41, 5.74) is 8.96. The third-order valence-corrected chi connectivity index (χ3v) is 4.84. The number of fused-ring (bicyclic) bond motifs is 1. The first-order valence-electron chi connectivity index (χ1n) is 9.01. The molecule has 6 nitrogen and oxygen atoms in total. The standard InChI is InChI=1S/C21H25N3O3/c1-14-7-6-10-17(20(24-26-3)21(25)22-2)18(14)13-27-23-19-12-11-15-8-4-5-9-16(15)19/h4-10,20,24H,11-13H2,1-3H3,(H,22,25)/b23-19+. The zero-order chi connectivity index (χ0) is 19.2. The predicted molar refractivity (Wildman–Crippen MR) is 104 cm³/mol. The van der Waals surface area contributed by atoms with Crippen LogP contribution >= 0.6 is 0 Å². The number of hydrogen-bond acceptors (Lipinski definition) is 5. The fraction of sp³-hybridized carbons (Fsp3) is 0.333. The molecule has 0 fully saturated rings. The minimum atomic E-state index is -0.627. The Balaban J connectivity index is 1.81. The van der Waals surface area contributed by atoms with E-state index in [1.165, 1.54) is 12.7 Å². The fourth-order valence-electron chi connectivity index (χ4n) is 3.39. The van der Waals surface area contributed by atoms with E-state index in [1.54, 1.807) is 7.05 Å². The van der Waals surface area contributed by atoms with Crippen molar-refractivity contribution in [3.05, 3.63) is 70.3 Å². The minimum absolute atomic E-state index is 0.181. The van der Waals surface area contributed by atoms with E-state index in [4.69, 9.17) is 9.68 Å².